The molecule has 0 amide bonds. The van der Waals surface area contributed by atoms with Crippen LogP contribution >= 0.6 is 0 Å². The number of nitrogens with zero attached hydrogens (tertiary/aromatic N) is 2. The van der Waals surface area contributed by atoms with Gasteiger partial charge in [-0.15, -0.1) is 0 Å². The molecular formula is C9H16N4. The van der Waals surface area contributed by atoms with Crippen LogP contribution < -0.4 is 5.73 Å². The summed E-state index contributed by atoms with van der Waals surface area (Å²) in [6.45, 7) is 0.836. The third kappa shape index (κ3) is 1.88. The molecule has 0 aromatic carbocycles. The van der Waals surface area contributed by atoms with Crippen LogP contribution in [-0.2, 0) is 0 Å². The van der Waals surface area contributed by atoms with Crippen LogP contribution in [0.1, 0.15) is 37.4 Å². The van der Waals surface area contributed by atoms with Gasteiger partial charge in [-0.1, -0.05) is 0 Å². The van der Waals surface area contributed by atoms with Gasteiger partial charge in [-0.2, -0.15) is 5.10 Å². The summed E-state index contributed by atoms with van der Waals surface area (Å²) in [6, 6.07) is 0. The lowest BCUT2D eigenvalue weighted by Gasteiger charge is -2.25. The molecular weight excluding hydrogens is 164 g/mol. The van der Waals surface area contributed by atoms with Crippen molar-refractivity contribution in [2.24, 2.45) is 11.7 Å². The average molecular weight is 180 g/mol. The Morgan fingerprint density at radius 2 is 2.15 bits per heavy atom. The Labute approximate surface area is 77.9 Å². The molecule has 4 nitrogen and oxygen atoms in total. The van der Waals surface area contributed by atoms with Crippen LogP contribution in [0, 0.1) is 5.92 Å². The molecule has 13 heavy (non-hydrogen) atoms. The van der Waals surface area contributed by atoms with E-state index < -0.39 is 0 Å². The maximum absolute atomic E-state index is 5.63. The first-order chi connectivity index (χ1) is 6.40. The van der Waals surface area contributed by atoms with Crippen molar-refractivity contribution in [3.63, 3.8) is 0 Å². The summed E-state index contributed by atoms with van der Waals surface area (Å²) >= 11 is 0. The smallest absolute Gasteiger partial charge is 0.137 e. The molecule has 0 radical (unpaired) electrons. The van der Waals surface area contributed by atoms with E-state index in [4.69, 9.17) is 5.73 Å². The first kappa shape index (κ1) is 8.69. The van der Waals surface area contributed by atoms with E-state index in [0.717, 1.165) is 18.3 Å². The van der Waals surface area contributed by atoms with Gasteiger partial charge in [0.2, 0.25) is 0 Å². The molecule has 1 heterocycles. The quantitative estimate of drug-likeness (QED) is 0.714. The van der Waals surface area contributed by atoms with Gasteiger partial charge in [0.15, 0.2) is 0 Å². The maximum atomic E-state index is 5.63. The van der Waals surface area contributed by atoms with Gasteiger partial charge < -0.3 is 5.73 Å². The van der Waals surface area contributed by atoms with E-state index >= 15 is 0 Å². The van der Waals surface area contributed by atoms with Crippen LogP contribution in [0.25, 0.3) is 0 Å². The summed E-state index contributed by atoms with van der Waals surface area (Å²) in [7, 11) is 0. The van der Waals surface area contributed by atoms with Crippen molar-refractivity contribution in [3.05, 3.63) is 12.2 Å². The minimum Gasteiger partial charge on any atom is -0.330 e. The molecule has 0 aliphatic heterocycles. The van der Waals surface area contributed by atoms with Crippen LogP contribution in [0.3, 0.4) is 0 Å². The first-order valence-corrected chi connectivity index (χ1v) is 4.95. The lowest BCUT2D eigenvalue weighted by atomic mass is 9.82. The van der Waals surface area contributed by atoms with Gasteiger partial charge >= 0.3 is 0 Å². The lowest BCUT2D eigenvalue weighted by molar-refractivity contribution is 0.326. The van der Waals surface area contributed by atoms with Crippen molar-refractivity contribution in [3.8, 4) is 0 Å². The number of nitrogens with two attached hydrogens (primary N) is 1. The third-order valence-electron chi connectivity index (χ3n) is 3.00. The molecule has 0 bridgehead atoms. The van der Waals surface area contributed by atoms with Crippen LogP contribution in [0.15, 0.2) is 6.33 Å². The predicted octanol–water partition coefficient (Wildman–Crippen LogP) is 1.04. The number of nitrogens with one attached hydrogen (secondary N) is 1. The molecule has 2 rings (SSSR count). The summed E-state index contributed by atoms with van der Waals surface area (Å²) in [5.41, 5.74) is 5.63. The standard InChI is InChI=1S/C9H16N4/c10-5-7-1-3-8(4-2-7)9-11-6-12-13-9/h6-8H,1-5,10H2,(H,11,12,13). The minimum atomic E-state index is 0.588. The van der Waals surface area contributed by atoms with Crippen LogP contribution in [0.4, 0.5) is 0 Å². The Morgan fingerprint density at radius 1 is 1.38 bits per heavy atom. The van der Waals surface area contributed by atoms with E-state index in [9.17, 15) is 0 Å². The fourth-order valence-corrected chi connectivity index (χ4v) is 2.08. The summed E-state index contributed by atoms with van der Waals surface area (Å²) in [5, 5.41) is 6.82. The second kappa shape index (κ2) is 3.87. The SMILES string of the molecule is NCC1CCC(c2ncn[nH]2)CC1. The first-order valence-electron chi connectivity index (χ1n) is 4.95. The average Bonchev–Trinajstić information content (AvgIpc) is 2.71. The molecule has 1 saturated carbocycles. The largest absolute Gasteiger partial charge is 0.330 e. The number of aromatic nitrogens is 3. The molecule has 3 N–H and O–H groups in total. The van der Waals surface area contributed by atoms with Gasteiger partial charge in [0, 0.05) is 5.92 Å². The van der Waals surface area contributed by atoms with E-state index in [1.165, 1.54) is 25.7 Å². The number of hydrogen-bond acceptors (Lipinski definition) is 3. The van der Waals surface area contributed by atoms with Gasteiger partial charge in [0.05, 0.1) is 0 Å². The molecule has 0 unspecified atom stereocenters. The van der Waals surface area contributed by atoms with Crippen molar-refractivity contribution in [1.29, 1.82) is 0 Å². The number of hydrogen-bond donors (Lipinski definition) is 2. The van der Waals surface area contributed by atoms with Gasteiger partial charge in [0.25, 0.3) is 0 Å². The highest BCUT2D eigenvalue weighted by atomic mass is 15.2. The molecule has 4 heteroatoms. The lowest BCUT2D eigenvalue weighted by Crippen LogP contribution is -2.21. The zero-order valence-electron chi connectivity index (χ0n) is 7.74. The van der Waals surface area contributed by atoms with E-state index in [2.05, 4.69) is 15.2 Å². The van der Waals surface area contributed by atoms with Gasteiger partial charge in [-0.3, -0.25) is 5.10 Å². The van der Waals surface area contributed by atoms with E-state index in [-0.39, 0.29) is 0 Å². The Balaban J connectivity index is 1.92. The van der Waals surface area contributed by atoms with Gasteiger partial charge in [-0.25, -0.2) is 4.98 Å². The highest BCUT2D eigenvalue weighted by molar-refractivity contribution is 4.95. The zero-order chi connectivity index (χ0) is 9.10. The van der Waals surface area contributed by atoms with E-state index in [0.29, 0.717) is 5.92 Å². The monoisotopic (exact) mass is 180 g/mol. The van der Waals surface area contributed by atoms with Crippen molar-refractivity contribution in [2.45, 2.75) is 31.6 Å². The highest BCUT2D eigenvalue weighted by Gasteiger charge is 2.22. The summed E-state index contributed by atoms with van der Waals surface area (Å²) < 4.78 is 0. The Kier molecular flexibility index (Phi) is 2.59. The topological polar surface area (TPSA) is 67.6 Å². The number of rotatable bonds is 2. The van der Waals surface area contributed by atoms with Crippen LogP contribution in [0.2, 0.25) is 0 Å². The summed E-state index contributed by atoms with van der Waals surface area (Å²) in [4.78, 5) is 4.19. The third-order valence-corrected chi connectivity index (χ3v) is 3.00. The second-order valence-electron chi connectivity index (χ2n) is 3.82. The molecule has 72 valence electrons. The second-order valence-corrected chi connectivity index (χ2v) is 3.82. The van der Waals surface area contributed by atoms with Gasteiger partial charge in [0.1, 0.15) is 12.2 Å². The molecule has 1 aliphatic carbocycles. The highest BCUT2D eigenvalue weighted by Crippen LogP contribution is 2.33. The summed E-state index contributed by atoms with van der Waals surface area (Å²) in [6.07, 6.45) is 6.47. The minimum absolute atomic E-state index is 0.588. The molecule has 0 saturated heterocycles. The molecule has 1 aromatic heterocycles. The van der Waals surface area contributed by atoms with Crippen molar-refractivity contribution in [1.82, 2.24) is 15.2 Å². The van der Waals surface area contributed by atoms with Crippen molar-refractivity contribution >= 4 is 0 Å². The van der Waals surface area contributed by atoms with Crippen molar-refractivity contribution in [2.75, 3.05) is 6.54 Å². The molecule has 1 aliphatic rings. The fourth-order valence-electron chi connectivity index (χ4n) is 2.08. The number of H-pyrrole nitrogens is 1. The van der Waals surface area contributed by atoms with Crippen LogP contribution in [-0.4, -0.2) is 21.7 Å². The molecule has 1 aromatic rings. The maximum Gasteiger partial charge on any atom is 0.137 e. The fraction of sp³-hybridized carbons (Fsp3) is 0.778. The van der Waals surface area contributed by atoms with Crippen LogP contribution in [0.5, 0.6) is 0 Å². The Bertz CT molecular complexity index is 236. The normalized spacial score (nSPS) is 29.0. The Morgan fingerprint density at radius 3 is 2.69 bits per heavy atom. The Hall–Kier alpha value is -0.900. The van der Waals surface area contributed by atoms with E-state index in [1.807, 2.05) is 0 Å². The molecule has 0 spiro atoms. The molecule has 1 fully saturated rings. The number of aromatic amines is 1. The molecule has 0 atom stereocenters. The van der Waals surface area contributed by atoms with E-state index in [1.54, 1.807) is 6.33 Å². The summed E-state index contributed by atoms with van der Waals surface area (Å²) in [5.74, 6) is 2.37. The van der Waals surface area contributed by atoms with Crippen molar-refractivity contribution < 1.29 is 0 Å². The zero-order valence-corrected chi connectivity index (χ0v) is 7.74. The predicted molar refractivity (Wildman–Crippen MR) is 50.1 cm³/mol. The van der Waals surface area contributed by atoms with Gasteiger partial charge in [-0.05, 0) is 38.1 Å².